The first-order valence-electron chi connectivity index (χ1n) is 8.72. The fourth-order valence-electron chi connectivity index (χ4n) is 3.48. The third kappa shape index (κ3) is 5.31. The lowest BCUT2D eigenvalue weighted by Crippen LogP contribution is -2.51. The van der Waals surface area contributed by atoms with Crippen LogP contribution in [0.25, 0.3) is 0 Å². The van der Waals surface area contributed by atoms with Crippen molar-refractivity contribution in [3.8, 4) is 5.75 Å². The van der Waals surface area contributed by atoms with E-state index in [1.54, 1.807) is 7.11 Å². The summed E-state index contributed by atoms with van der Waals surface area (Å²) in [6, 6.07) is 8.45. The average Bonchev–Trinajstić information content (AvgIpc) is 2.63. The van der Waals surface area contributed by atoms with E-state index >= 15 is 0 Å². The number of amides is 1. The van der Waals surface area contributed by atoms with Crippen LogP contribution >= 0.6 is 12.4 Å². The molecule has 0 radical (unpaired) electrons. The van der Waals surface area contributed by atoms with E-state index in [-0.39, 0.29) is 30.4 Å². The molecule has 0 saturated carbocycles. The van der Waals surface area contributed by atoms with Gasteiger partial charge in [0.2, 0.25) is 5.91 Å². The summed E-state index contributed by atoms with van der Waals surface area (Å²) in [5.74, 6) is 0.977. The highest BCUT2D eigenvalue weighted by molar-refractivity contribution is 5.85. The topological polar surface area (TPSA) is 62.8 Å². The van der Waals surface area contributed by atoms with Gasteiger partial charge in [-0.05, 0) is 18.9 Å². The maximum absolute atomic E-state index is 12.5. The quantitative estimate of drug-likeness (QED) is 0.820. The van der Waals surface area contributed by atoms with E-state index in [0.29, 0.717) is 6.54 Å². The van der Waals surface area contributed by atoms with Crippen LogP contribution in [0.2, 0.25) is 0 Å². The third-order valence-corrected chi connectivity index (χ3v) is 4.79. The van der Waals surface area contributed by atoms with Crippen molar-refractivity contribution in [1.82, 2.24) is 15.5 Å². The molecule has 3 rings (SSSR count). The minimum Gasteiger partial charge on any atom is -0.496 e. The molecule has 7 heteroatoms. The van der Waals surface area contributed by atoms with Crippen LogP contribution in [0.1, 0.15) is 24.4 Å². The molecular formula is C18H28ClN3O3. The number of methoxy groups -OCH3 is 1. The third-order valence-electron chi connectivity index (χ3n) is 4.79. The fraction of sp³-hybridized carbons (Fsp3) is 0.611. The van der Waals surface area contributed by atoms with Crippen LogP contribution in [-0.2, 0) is 9.53 Å². The molecule has 1 amide bonds. The van der Waals surface area contributed by atoms with Gasteiger partial charge in [0.05, 0.1) is 19.7 Å². The maximum Gasteiger partial charge on any atom is 0.234 e. The Labute approximate surface area is 155 Å². The minimum absolute atomic E-state index is 0. The number of ether oxygens (including phenoxy) is 2. The normalized spacial score (nSPS) is 22.0. The van der Waals surface area contributed by atoms with Gasteiger partial charge in [0.15, 0.2) is 0 Å². The largest absolute Gasteiger partial charge is 0.496 e. The van der Waals surface area contributed by atoms with Crippen molar-refractivity contribution in [3.05, 3.63) is 29.8 Å². The van der Waals surface area contributed by atoms with E-state index in [2.05, 4.69) is 21.6 Å². The Morgan fingerprint density at radius 3 is 2.88 bits per heavy atom. The van der Waals surface area contributed by atoms with Gasteiger partial charge in [0, 0.05) is 44.5 Å². The summed E-state index contributed by atoms with van der Waals surface area (Å²) in [5, 5.41) is 6.58. The van der Waals surface area contributed by atoms with E-state index in [1.807, 2.05) is 18.2 Å². The SMILES string of the molecule is COc1ccccc1C1CNCCN1CC(=O)NC1CCOCC1.Cl. The summed E-state index contributed by atoms with van der Waals surface area (Å²) < 4.78 is 10.9. The van der Waals surface area contributed by atoms with E-state index < -0.39 is 0 Å². The zero-order chi connectivity index (χ0) is 16.8. The fourth-order valence-corrected chi connectivity index (χ4v) is 3.48. The van der Waals surface area contributed by atoms with Gasteiger partial charge in [-0.2, -0.15) is 0 Å². The molecule has 0 spiro atoms. The number of halogens is 1. The van der Waals surface area contributed by atoms with Crippen LogP contribution in [-0.4, -0.2) is 63.4 Å². The Balaban J connectivity index is 0.00000225. The summed E-state index contributed by atoms with van der Waals surface area (Å²) in [7, 11) is 1.69. The second-order valence-electron chi connectivity index (χ2n) is 6.39. The Kier molecular flexibility index (Phi) is 7.96. The molecular weight excluding hydrogens is 342 g/mol. The first kappa shape index (κ1) is 20.0. The van der Waals surface area contributed by atoms with Crippen LogP contribution in [0.3, 0.4) is 0 Å². The number of rotatable bonds is 5. The lowest BCUT2D eigenvalue weighted by molar-refractivity contribution is -0.124. The van der Waals surface area contributed by atoms with Gasteiger partial charge in [0.1, 0.15) is 5.75 Å². The number of carbonyl (C=O) groups is 1. The van der Waals surface area contributed by atoms with E-state index in [1.165, 1.54) is 0 Å². The number of para-hydroxylation sites is 1. The summed E-state index contributed by atoms with van der Waals surface area (Å²) in [4.78, 5) is 14.7. The van der Waals surface area contributed by atoms with E-state index in [9.17, 15) is 4.79 Å². The van der Waals surface area contributed by atoms with E-state index in [0.717, 1.165) is 57.0 Å². The van der Waals surface area contributed by atoms with Crippen molar-refractivity contribution in [1.29, 1.82) is 0 Å². The molecule has 1 aromatic rings. The zero-order valence-electron chi connectivity index (χ0n) is 14.7. The van der Waals surface area contributed by atoms with Crippen LogP contribution in [0.5, 0.6) is 5.75 Å². The van der Waals surface area contributed by atoms with Crippen LogP contribution in [0, 0.1) is 0 Å². The van der Waals surface area contributed by atoms with Crippen molar-refractivity contribution in [2.24, 2.45) is 0 Å². The standard InChI is InChI=1S/C18H27N3O3.ClH/c1-23-17-5-3-2-4-15(17)16-12-19-8-9-21(16)13-18(22)20-14-6-10-24-11-7-14;/h2-5,14,16,19H,6-13H2,1H3,(H,20,22);1H. The van der Waals surface area contributed by atoms with Gasteiger partial charge in [-0.3, -0.25) is 9.69 Å². The lowest BCUT2D eigenvalue weighted by atomic mass is 10.0. The molecule has 2 saturated heterocycles. The minimum atomic E-state index is 0. The molecule has 1 atom stereocenters. The molecule has 2 aliphatic heterocycles. The lowest BCUT2D eigenvalue weighted by Gasteiger charge is -2.37. The van der Waals surface area contributed by atoms with Gasteiger partial charge >= 0.3 is 0 Å². The van der Waals surface area contributed by atoms with Crippen molar-refractivity contribution >= 4 is 18.3 Å². The van der Waals surface area contributed by atoms with Gasteiger partial charge in [-0.25, -0.2) is 0 Å². The van der Waals surface area contributed by atoms with Gasteiger partial charge in [0.25, 0.3) is 0 Å². The number of benzene rings is 1. The van der Waals surface area contributed by atoms with Crippen molar-refractivity contribution in [3.63, 3.8) is 0 Å². The van der Waals surface area contributed by atoms with E-state index in [4.69, 9.17) is 9.47 Å². The Morgan fingerprint density at radius 1 is 1.36 bits per heavy atom. The molecule has 25 heavy (non-hydrogen) atoms. The molecule has 0 bridgehead atoms. The smallest absolute Gasteiger partial charge is 0.234 e. The molecule has 0 aromatic heterocycles. The molecule has 2 heterocycles. The zero-order valence-corrected chi connectivity index (χ0v) is 15.5. The molecule has 0 aliphatic carbocycles. The number of hydrogen-bond acceptors (Lipinski definition) is 5. The first-order valence-corrected chi connectivity index (χ1v) is 8.72. The Hall–Kier alpha value is -1.34. The van der Waals surface area contributed by atoms with Crippen LogP contribution < -0.4 is 15.4 Å². The first-order chi connectivity index (χ1) is 11.8. The number of nitrogens with zero attached hydrogens (tertiary/aromatic N) is 1. The predicted molar refractivity (Wildman–Crippen MR) is 99.4 cm³/mol. The van der Waals surface area contributed by atoms with Crippen molar-refractivity contribution in [2.75, 3.05) is 46.5 Å². The molecule has 2 fully saturated rings. The van der Waals surface area contributed by atoms with Crippen molar-refractivity contribution < 1.29 is 14.3 Å². The predicted octanol–water partition coefficient (Wildman–Crippen LogP) is 1.36. The monoisotopic (exact) mass is 369 g/mol. The molecule has 1 aromatic carbocycles. The van der Waals surface area contributed by atoms with Gasteiger partial charge < -0.3 is 20.1 Å². The Bertz CT molecular complexity index is 552. The molecule has 1 unspecified atom stereocenters. The highest BCUT2D eigenvalue weighted by atomic mass is 35.5. The number of nitrogens with one attached hydrogen (secondary N) is 2. The highest BCUT2D eigenvalue weighted by Crippen LogP contribution is 2.29. The average molecular weight is 370 g/mol. The van der Waals surface area contributed by atoms with Crippen molar-refractivity contribution in [2.45, 2.75) is 24.9 Å². The van der Waals surface area contributed by atoms with Crippen LogP contribution in [0.4, 0.5) is 0 Å². The molecule has 2 aliphatic rings. The number of carbonyl (C=O) groups excluding carboxylic acids is 1. The summed E-state index contributed by atoms with van der Waals surface area (Å²) in [6.45, 7) is 4.47. The Morgan fingerprint density at radius 2 is 2.12 bits per heavy atom. The molecule has 2 N–H and O–H groups in total. The second kappa shape index (κ2) is 9.97. The highest BCUT2D eigenvalue weighted by Gasteiger charge is 2.28. The maximum atomic E-state index is 12.5. The molecule has 140 valence electrons. The number of piperazine rings is 1. The van der Waals surface area contributed by atoms with Gasteiger partial charge in [-0.15, -0.1) is 12.4 Å². The van der Waals surface area contributed by atoms with Gasteiger partial charge in [-0.1, -0.05) is 18.2 Å². The summed E-state index contributed by atoms with van der Waals surface area (Å²) in [5.41, 5.74) is 1.13. The van der Waals surface area contributed by atoms with Crippen LogP contribution in [0.15, 0.2) is 24.3 Å². The summed E-state index contributed by atoms with van der Waals surface area (Å²) in [6.07, 6.45) is 1.81. The summed E-state index contributed by atoms with van der Waals surface area (Å²) >= 11 is 0. The number of hydrogen-bond donors (Lipinski definition) is 2. The second-order valence-corrected chi connectivity index (χ2v) is 6.39. The molecule has 6 nitrogen and oxygen atoms in total.